The second-order valence-corrected chi connectivity index (χ2v) is 6.81. The van der Waals surface area contributed by atoms with Gasteiger partial charge in [0, 0.05) is 21.2 Å². The molecule has 0 fully saturated rings. The van der Waals surface area contributed by atoms with Crippen LogP contribution in [0.25, 0.3) is 0 Å². The van der Waals surface area contributed by atoms with Crippen LogP contribution in [0.3, 0.4) is 0 Å². The molecule has 28 heavy (non-hydrogen) atoms. The monoisotopic (exact) mass is 552 g/mol. The van der Waals surface area contributed by atoms with Crippen molar-refractivity contribution in [2.24, 2.45) is 0 Å². The first kappa shape index (κ1) is 26.0. The Balaban J connectivity index is 0.00000392. The number of hydrogen-bond donors (Lipinski definition) is 1. The standard InChI is InChI=1S/C18H13Cl2F3O4.Cs/c1-9-4-10(2-3-14(9)16(25)26)15(24)8-17(27,18(21,22)23)11-5-12(19)7-13(20)6-11;/h2-7,27H,8H2,1H3,(H,25,26);/q;+1/p-1. The summed E-state index contributed by atoms with van der Waals surface area (Å²) in [5.74, 6) is -2.52. The van der Waals surface area contributed by atoms with Crippen LogP contribution in [-0.2, 0) is 5.60 Å². The molecule has 2 aromatic carbocycles. The molecule has 0 aliphatic rings. The first-order chi connectivity index (χ1) is 12.3. The average molecular weight is 553 g/mol. The van der Waals surface area contributed by atoms with Crippen molar-refractivity contribution in [3.05, 3.63) is 68.7 Å². The fourth-order valence-corrected chi connectivity index (χ4v) is 3.09. The maximum atomic E-state index is 13.6. The van der Waals surface area contributed by atoms with Crippen molar-refractivity contribution in [3.8, 4) is 0 Å². The summed E-state index contributed by atoms with van der Waals surface area (Å²) < 4.78 is 40.8. The number of carbonyl (C=O) groups is 2. The summed E-state index contributed by atoms with van der Waals surface area (Å²) in [5, 5.41) is 21.0. The third-order valence-corrected chi connectivity index (χ3v) is 4.43. The molecule has 0 amide bonds. The number of ketones is 1. The number of halogens is 5. The molecule has 1 N–H and O–H groups in total. The van der Waals surface area contributed by atoms with E-state index in [0.717, 1.165) is 30.3 Å². The molecule has 10 heteroatoms. The third kappa shape index (κ3) is 5.77. The summed E-state index contributed by atoms with van der Waals surface area (Å²) in [4.78, 5) is 23.3. The van der Waals surface area contributed by atoms with Crippen LogP contribution >= 0.6 is 23.2 Å². The molecule has 0 heterocycles. The van der Waals surface area contributed by atoms with Gasteiger partial charge in [0.1, 0.15) is 0 Å². The van der Waals surface area contributed by atoms with Gasteiger partial charge in [-0.15, -0.1) is 0 Å². The van der Waals surface area contributed by atoms with Gasteiger partial charge in [-0.3, -0.25) is 4.79 Å². The van der Waals surface area contributed by atoms with Gasteiger partial charge in [-0.25, -0.2) is 0 Å². The predicted molar refractivity (Wildman–Crippen MR) is 90.9 cm³/mol. The van der Waals surface area contributed by atoms with Crippen LogP contribution in [0.15, 0.2) is 36.4 Å². The van der Waals surface area contributed by atoms with E-state index in [1.807, 2.05) is 0 Å². The third-order valence-electron chi connectivity index (χ3n) is 3.99. The molecule has 0 aliphatic carbocycles. The molecule has 2 rings (SSSR count). The molecular weight excluding hydrogens is 541 g/mol. The molecule has 1 atom stereocenters. The van der Waals surface area contributed by atoms with Gasteiger partial charge < -0.3 is 15.0 Å². The zero-order valence-electron chi connectivity index (χ0n) is 14.7. The van der Waals surface area contributed by atoms with Crippen molar-refractivity contribution >= 4 is 35.0 Å². The van der Waals surface area contributed by atoms with Crippen LogP contribution in [0.2, 0.25) is 10.0 Å². The average Bonchev–Trinajstić information content (AvgIpc) is 2.52. The van der Waals surface area contributed by atoms with Gasteiger partial charge in [-0.05, 0) is 42.3 Å². The number of hydrogen-bond acceptors (Lipinski definition) is 4. The molecule has 2 aromatic rings. The Kier molecular flexibility index (Phi) is 9.14. The minimum absolute atomic E-state index is 0. The number of aryl methyl sites for hydroxylation is 1. The fourth-order valence-electron chi connectivity index (χ4n) is 2.56. The summed E-state index contributed by atoms with van der Waals surface area (Å²) in [6.07, 6.45) is -6.53. The van der Waals surface area contributed by atoms with Crippen LogP contribution in [0.4, 0.5) is 13.2 Å². The van der Waals surface area contributed by atoms with Gasteiger partial charge >= 0.3 is 75.1 Å². The molecular formula is C18H12Cl2CsF3O4. The molecule has 0 saturated heterocycles. The van der Waals surface area contributed by atoms with Gasteiger partial charge in [-0.1, -0.05) is 35.3 Å². The van der Waals surface area contributed by atoms with Gasteiger partial charge in [-0.2, -0.15) is 13.2 Å². The van der Waals surface area contributed by atoms with E-state index in [2.05, 4.69) is 0 Å². The first-order valence-electron chi connectivity index (χ1n) is 7.46. The van der Waals surface area contributed by atoms with E-state index < -0.39 is 35.5 Å². The predicted octanol–water partition coefficient (Wildman–Crippen LogP) is 0.692. The van der Waals surface area contributed by atoms with Crippen LogP contribution in [-0.4, -0.2) is 23.0 Å². The van der Waals surface area contributed by atoms with Crippen molar-refractivity contribution < 1.29 is 102 Å². The van der Waals surface area contributed by atoms with E-state index in [0.29, 0.717) is 0 Å². The van der Waals surface area contributed by atoms with Crippen LogP contribution < -0.4 is 74.0 Å². The van der Waals surface area contributed by atoms with Crippen LogP contribution in [0, 0.1) is 6.92 Å². The van der Waals surface area contributed by atoms with Crippen LogP contribution in [0.5, 0.6) is 0 Å². The quantitative estimate of drug-likeness (QED) is 0.554. The zero-order chi connectivity index (χ0) is 20.6. The number of carboxylic acid groups (broad SMARTS) is 1. The normalized spacial score (nSPS) is 13.4. The minimum Gasteiger partial charge on any atom is -0.545 e. The Morgan fingerprint density at radius 1 is 1.07 bits per heavy atom. The van der Waals surface area contributed by atoms with Crippen molar-refractivity contribution in [1.82, 2.24) is 0 Å². The molecule has 0 radical (unpaired) electrons. The Bertz CT molecular complexity index is 898. The fraction of sp³-hybridized carbons (Fsp3) is 0.222. The Labute approximate surface area is 227 Å². The number of benzene rings is 2. The maximum Gasteiger partial charge on any atom is 1.00 e. The van der Waals surface area contributed by atoms with Gasteiger partial charge in [0.2, 0.25) is 0 Å². The maximum absolute atomic E-state index is 13.6. The number of rotatable bonds is 5. The number of carbonyl (C=O) groups excluding carboxylic acids is 2. The number of carboxylic acids is 1. The van der Waals surface area contributed by atoms with Crippen molar-refractivity contribution in [1.29, 1.82) is 0 Å². The zero-order valence-corrected chi connectivity index (χ0v) is 22.5. The van der Waals surface area contributed by atoms with E-state index >= 15 is 0 Å². The molecule has 4 nitrogen and oxygen atoms in total. The SMILES string of the molecule is Cc1cc(C(=O)CC(O)(c2cc(Cl)cc(Cl)c2)C(F)(F)F)ccc1C(=O)[O-].[Cs+]. The Morgan fingerprint density at radius 3 is 2.04 bits per heavy atom. The molecule has 0 aromatic heterocycles. The molecule has 144 valence electrons. The van der Waals surface area contributed by atoms with Crippen molar-refractivity contribution in [2.45, 2.75) is 25.1 Å². The second kappa shape index (κ2) is 9.85. The topological polar surface area (TPSA) is 77.4 Å². The first-order valence-corrected chi connectivity index (χ1v) is 8.21. The van der Waals surface area contributed by atoms with Gasteiger partial charge in [0.05, 0.1) is 12.4 Å². The van der Waals surface area contributed by atoms with Crippen LogP contribution in [0.1, 0.15) is 38.3 Å². The smallest absolute Gasteiger partial charge is 0.545 e. The molecule has 1 unspecified atom stereocenters. The Hall–Kier alpha value is -0.0381. The summed E-state index contributed by atoms with van der Waals surface area (Å²) in [6.45, 7) is 1.37. The van der Waals surface area contributed by atoms with E-state index in [-0.39, 0.29) is 95.6 Å². The van der Waals surface area contributed by atoms with E-state index in [9.17, 15) is 33.0 Å². The molecule has 0 spiro atoms. The van der Waals surface area contributed by atoms with Crippen molar-refractivity contribution in [2.75, 3.05) is 0 Å². The number of aromatic carboxylic acids is 1. The van der Waals surface area contributed by atoms with Gasteiger partial charge in [0.15, 0.2) is 11.4 Å². The van der Waals surface area contributed by atoms with E-state index in [1.54, 1.807) is 0 Å². The second-order valence-electron chi connectivity index (χ2n) is 5.93. The number of Topliss-reactive ketones (excluding diaryl/α,β-unsaturated/α-hetero) is 1. The number of alkyl halides is 3. The van der Waals surface area contributed by atoms with Gasteiger partial charge in [0.25, 0.3) is 0 Å². The van der Waals surface area contributed by atoms with E-state index in [4.69, 9.17) is 23.2 Å². The summed E-state index contributed by atoms with van der Waals surface area (Å²) >= 11 is 11.4. The molecule has 0 aliphatic heterocycles. The summed E-state index contributed by atoms with van der Waals surface area (Å²) in [7, 11) is 0. The molecule has 0 saturated carbocycles. The van der Waals surface area contributed by atoms with Crippen molar-refractivity contribution in [3.63, 3.8) is 0 Å². The summed E-state index contributed by atoms with van der Waals surface area (Å²) in [5.41, 5.74) is -4.45. The molecule has 0 bridgehead atoms. The minimum atomic E-state index is -5.20. The van der Waals surface area contributed by atoms with E-state index in [1.165, 1.54) is 13.0 Å². The Morgan fingerprint density at radius 2 is 1.61 bits per heavy atom. The largest absolute Gasteiger partial charge is 1.00 e. The number of aliphatic hydroxyl groups is 1. The summed E-state index contributed by atoms with van der Waals surface area (Å²) in [6, 6.07) is 6.17.